The van der Waals surface area contributed by atoms with Crippen molar-refractivity contribution in [3.63, 3.8) is 0 Å². The number of carbonyl (C=O) groups excluding carboxylic acids is 2. The molecule has 36 heavy (non-hydrogen) atoms. The summed E-state index contributed by atoms with van der Waals surface area (Å²) < 4.78 is 50.4. The number of rotatable bonds is 9. The molecule has 2 aliphatic rings. The third-order valence-electron chi connectivity index (χ3n) is 6.46. The molecule has 194 valence electrons. The largest absolute Gasteiger partial charge is 0.454 e. The van der Waals surface area contributed by atoms with Gasteiger partial charge in [-0.3, -0.25) is 13.9 Å². The standard InChI is InChI=1S/C25H30FN3O6S/c1-17(25(31)27-20-5-3-4-6-20)28(14-18-7-9-19(26)10-8-18)24(30)15-29(36(2,32)33)21-11-12-22-23(13-21)35-16-34-22/h7-13,17,20H,3-6,14-16H2,1-2H3,(H,27,31)/t17-/m1/s1. The molecule has 0 aromatic heterocycles. The van der Waals surface area contributed by atoms with Gasteiger partial charge in [0.1, 0.15) is 18.4 Å². The van der Waals surface area contributed by atoms with Crippen molar-refractivity contribution in [2.24, 2.45) is 0 Å². The van der Waals surface area contributed by atoms with E-state index in [2.05, 4.69) is 5.32 Å². The maximum Gasteiger partial charge on any atom is 0.244 e. The first-order chi connectivity index (χ1) is 17.1. The molecule has 1 aliphatic heterocycles. The lowest BCUT2D eigenvalue weighted by atomic mass is 10.1. The van der Waals surface area contributed by atoms with E-state index in [0.29, 0.717) is 17.1 Å². The van der Waals surface area contributed by atoms with E-state index >= 15 is 0 Å². The second kappa shape index (κ2) is 10.7. The molecule has 1 fully saturated rings. The summed E-state index contributed by atoms with van der Waals surface area (Å²) in [6, 6.07) is 9.40. The highest BCUT2D eigenvalue weighted by Gasteiger charge is 2.32. The summed E-state index contributed by atoms with van der Waals surface area (Å²) in [6.07, 6.45) is 4.85. The van der Waals surface area contributed by atoms with E-state index in [1.807, 2.05) is 0 Å². The van der Waals surface area contributed by atoms with E-state index in [1.165, 1.54) is 41.3 Å². The lowest BCUT2D eigenvalue weighted by Crippen LogP contribution is -2.52. The number of nitrogens with one attached hydrogen (secondary N) is 1. The molecule has 1 atom stereocenters. The summed E-state index contributed by atoms with van der Waals surface area (Å²) in [7, 11) is -3.87. The van der Waals surface area contributed by atoms with Crippen LogP contribution in [0, 0.1) is 5.82 Å². The van der Waals surface area contributed by atoms with Crippen molar-refractivity contribution in [3.05, 3.63) is 53.8 Å². The Kier molecular flexibility index (Phi) is 7.67. The summed E-state index contributed by atoms with van der Waals surface area (Å²) in [5.74, 6) is -0.452. The van der Waals surface area contributed by atoms with Crippen molar-refractivity contribution >= 4 is 27.5 Å². The van der Waals surface area contributed by atoms with Crippen molar-refractivity contribution in [2.45, 2.75) is 51.2 Å². The van der Waals surface area contributed by atoms with E-state index in [0.717, 1.165) is 36.2 Å². The Morgan fingerprint density at radius 3 is 2.42 bits per heavy atom. The fourth-order valence-corrected chi connectivity index (χ4v) is 5.26. The maximum absolute atomic E-state index is 13.6. The predicted octanol–water partition coefficient (Wildman–Crippen LogP) is 2.80. The van der Waals surface area contributed by atoms with Gasteiger partial charge < -0.3 is 19.7 Å². The second-order valence-electron chi connectivity index (χ2n) is 9.12. The number of nitrogens with zero attached hydrogens (tertiary/aromatic N) is 2. The predicted molar refractivity (Wildman–Crippen MR) is 132 cm³/mol. The highest BCUT2D eigenvalue weighted by Crippen LogP contribution is 2.36. The van der Waals surface area contributed by atoms with Crippen LogP contribution in [-0.4, -0.2) is 56.8 Å². The molecule has 2 aromatic rings. The van der Waals surface area contributed by atoms with Gasteiger partial charge in [0.2, 0.25) is 28.6 Å². The van der Waals surface area contributed by atoms with Crippen LogP contribution in [0.3, 0.4) is 0 Å². The van der Waals surface area contributed by atoms with Crippen LogP contribution in [0.4, 0.5) is 10.1 Å². The second-order valence-corrected chi connectivity index (χ2v) is 11.0. The Morgan fingerprint density at radius 1 is 1.08 bits per heavy atom. The molecule has 0 bridgehead atoms. The van der Waals surface area contributed by atoms with Crippen LogP contribution >= 0.6 is 0 Å². The van der Waals surface area contributed by atoms with Crippen molar-refractivity contribution in [2.75, 3.05) is 23.9 Å². The summed E-state index contributed by atoms with van der Waals surface area (Å²) in [5, 5.41) is 3.00. The monoisotopic (exact) mass is 519 g/mol. The van der Waals surface area contributed by atoms with Crippen molar-refractivity contribution in [1.82, 2.24) is 10.2 Å². The van der Waals surface area contributed by atoms with Crippen molar-refractivity contribution < 1.29 is 31.9 Å². The van der Waals surface area contributed by atoms with Crippen LogP contribution in [0.1, 0.15) is 38.2 Å². The molecule has 1 aliphatic carbocycles. The SMILES string of the molecule is C[C@H](C(=O)NC1CCCC1)N(Cc1ccc(F)cc1)C(=O)CN(c1ccc2c(c1)OCO2)S(C)(=O)=O. The normalized spacial score (nSPS) is 16.0. The number of carbonyl (C=O) groups is 2. The van der Waals surface area contributed by atoms with Crippen LogP contribution in [0.15, 0.2) is 42.5 Å². The summed E-state index contributed by atoms with van der Waals surface area (Å²) >= 11 is 0. The number of amides is 2. The van der Waals surface area contributed by atoms with Gasteiger partial charge in [0, 0.05) is 18.7 Å². The van der Waals surface area contributed by atoms with Crippen LogP contribution < -0.4 is 19.1 Å². The molecular weight excluding hydrogens is 489 g/mol. The number of fused-ring (bicyclic) bond motifs is 1. The van der Waals surface area contributed by atoms with E-state index in [9.17, 15) is 22.4 Å². The molecule has 1 saturated carbocycles. The molecule has 0 radical (unpaired) electrons. The van der Waals surface area contributed by atoms with E-state index in [-0.39, 0.29) is 31.0 Å². The minimum Gasteiger partial charge on any atom is -0.454 e. The minimum atomic E-state index is -3.87. The molecule has 1 N–H and O–H groups in total. The number of hydrogen-bond acceptors (Lipinski definition) is 6. The van der Waals surface area contributed by atoms with Gasteiger partial charge in [-0.05, 0) is 49.6 Å². The van der Waals surface area contributed by atoms with E-state index in [4.69, 9.17) is 9.47 Å². The fourth-order valence-electron chi connectivity index (χ4n) is 4.42. The highest BCUT2D eigenvalue weighted by atomic mass is 32.2. The maximum atomic E-state index is 13.6. The van der Waals surface area contributed by atoms with Gasteiger partial charge in [-0.25, -0.2) is 12.8 Å². The highest BCUT2D eigenvalue weighted by molar-refractivity contribution is 7.92. The number of anilines is 1. The molecular formula is C25H30FN3O6S. The third-order valence-corrected chi connectivity index (χ3v) is 7.60. The third kappa shape index (κ3) is 6.07. The zero-order valence-electron chi connectivity index (χ0n) is 20.3. The molecule has 0 saturated heterocycles. The van der Waals surface area contributed by atoms with Gasteiger partial charge in [0.25, 0.3) is 0 Å². The first-order valence-corrected chi connectivity index (χ1v) is 13.7. The number of sulfonamides is 1. The van der Waals surface area contributed by atoms with Gasteiger partial charge in [0.15, 0.2) is 11.5 Å². The molecule has 4 rings (SSSR count). The van der Waals surface area contributed by atoms with Crippen molar-refractivity contribution in [1.29, 1.82) is 0 Å². The molecule has 1 heterocycles. The fraction of sp³-hybridized carbons (Fsp3) is 0.440. The zero-order chi connectivity index (χ0) is 25.9. The van der Waals surface area contributed by atoms with Crippen LogP contribution in [-0.2, 0) is 26.2 Å². The quantitative estimate of drug-likeness (QED) is 0.546. The molecule has 11 heteroatoms. The Labute approximate surface area is 210 Å². The van der Waals surface area contributed by atoms with E-state index < -0.39 is 34.3 Å². The minimum absolute atomic E-state index is 0.0110. The van der Waals surface area contributed by atoms with Crippen LogP contribution in [0.25, 0.3) is 0 Å². The first-order valence-electron chi connectivity index (χ1n) is 11.8. The van der Waals surface area contributed by atoms with Crippen LogP contribution in [0.2, 0.25) is 0 Å². The zero-order valence-corrected chi connectivity index (χ0v) is 21.1. The average molecular weight is 520 g/mol. The van der Waals surface area contributed by atoms with Crippen molar-refractivity contribution in [3.8, 4) is 11.5 Å². The summed E-state index contributed by atoms with van der Waals surface area (Å²) in [4.78, 5) is 27.9. The number of halogens is 1. The lowest BCUT2D eigenvalue weighted by Gasteiger charge is -2.32. The topological polar surface area (TPSA) is 105 Å². The number of hydrogen-bond donors (Lipinski definition) is 1. The van der Waals surface area contributed by atoms with Gasteiger partial charge >= 0.3 is 0 Å². The Hall–Kier alpha value is -3.34. The molecule has 0 unspecified atom stereocenters. The Balaban J connectivity index is 1.59. The number of ether oxygens (including phenoxy) is 2. The molecule has 9 nitrogen and oxygen atoms in total. The first kappa shape index (κ1) is 25.7. The van der Waals surface area contributed by atoms with Gasteiger partial charge in [-0.1, -0.05) is 25.0 Å². The molecule has 2 amide bonds. The smallest absolute Gasteiger partial charge is 0.244 e. The molecule has 0 spiro atoms. The number of benzene rings is 2. The lowest BCUT2D eigenvalue weighted by molar-refractivity contribution is -0.139. The van der Waals surface area contributed by atoms with E-state index in [1.54, 1.807) is 13.0 Å². The van der Waals surface area contributed by atoms with Crippen LogP contribution in [0.5, 0.6) is 11.5 Å². The molecule has 2 aromatic carbocycles. The summed E-state index contributed by atoms with van der Waals surface area (Å²) in [5.41, 5.74) is 0.846. The average Bonchev–Trinajstić information content (AvgIpc) is 3.52. The summed E-state index contributed by atoms with van der Waals surface area (Å²) in [6.45, 7) is 1.12. The Bertz CT molecular complexity index is 1210. The Morgan fingerprint density at radius 2 is 1.75 bits per heavy atom. The van der Waals surface area contributed by atoms with Gasteiger partial charge in [-0.15, -0.1) is 0 Å². The van der Waals surface area contributed by atoms with Gasteiger partial charge in [-0.2, -0.15) is 0 Å². The van der Waals surface area contributed by atoms with Gasteiger partial charge in [0.05, 0.1) is 11.9 Å².